The molecule has 1 atom stereocenters. The van der Waals surface area contributed by atoms with E-state index in [4.69, 9.17) is 4.74 Å². The summed E-state index contributed by atoms with van der Waals surface area (Å²) in [7, 11) is 2.32. The number of hydrogen-bond acceptors (Lipinski definition) is 4. The van der Waals surface area contributed by atoms with Crippen molar-refractivity contribution in [1.82, 2.24) is 9.88 Å². The number of carbonyl (C=O) groups is 1. The molecule has 0 aliphatic heterocycles. The van der Waals surface area contributed by atoms with Gasteiger partial charge in [0.15, 0.2) is 0 Å². The summed E-state index contributed by atoms with van der Waals surface area (Å²) in [5.74, 6) is 0.694. The Morgan fingerprint density at radius 1 is 1.25 bits per heavy atom. The van der Waals surface area contributed by atoms with Crippen LogP contribution in [0.2, 0.25) is 0 Å². The van der Waals surface area contributed by atoms with E-state index in [2.05, 4.69) is 4.98 Å². The molecule has 0 saturated carbocycles. The van der Waals surface area contributed by atoms with Gasteiger partial charge in [0, 0.05) is 51.9 Å². The standard InChI is InChI=1S/C18H22N2O3S/c1-12-10-19-16(13(2)17(12)23-4)11-20(3)18(21)14-6-8-15(9-7-14)24(5)22/h6-10H,11H2,1-5H3/t24-/m1/s1. The van der Waals surface area contributed by atoms with Crippen molar-refractivity contribution in [3.8, 4) is 5.75 Å². The van der Waals surface area contributed by atoms with Crippen molar-refractivity contribution >= 4 is 16.7 Å². The fourth-order valence-electron chi connectivity index (χ4n) is 2.54. The molecule has 2 rings (SSSR count). The zero-order valence-corrected chi connectivity index (χ0v) is 15.4. The van der Waals surface area contributed by atoms with Gasteiger partial charge in [-0.15, -0.1) is 0 Å². The monoisotopic (exact) mass is 346 g/mol. The Labute approximate surface area is 145 Å². The van der Waals surface area contributed by atoms with Crippen LogP contribution in [0.15, 0.2) is 35.4 Å². The third-order valence-corrected chi connectivity index (χ3v) is 4.85. The van der Waals surface area contributed by atoms with Crippen molar-refractivity contribution in [1.29, 1.82) is 0 Å². The molecule has 0 bridgehead atoms. The number of nitrogens with zero attached hydrogens (tertiary/aromatic N) is 2. The number of rotatable bonds is 5. The second kappa shape index (κ2) is 7.57. The molecule has 2 aromatic rings. The molecular weight excluding hydrogens is 324 g/mol. The van der Waals surface area contributed by atoms with E-state index in [0.29, 0.717) is 17.0 Å². The molecule has 128 valence electrons. The van der Waals surface area contributed by atoms with Gasteiger partial charge in [0.05, 0.1) is 19.3 Å². The van der Waals surface area contributed by atoms with Gasteiger partial charge in [-0.1, -0.05) is 0 Å². The lowest BCUT2D eigenvalue weighted by molar-refractivity contribution is 0.0783. The topological polar surface area (TPSA) is 59.5 Å². The lowest BCUT2D eigenvalue weighted by atomic mass is 10.1. The van der Waals surface area contributed by atoms with Crippen LogP contribution < -0.4 is 4.74 Å². The average molecular weight is 346 g/mol. The molecule has 5 nitrogen and oxygen atoms in total. The maximum atomic E-state index is 12.6. The van der Waals surface area contributed by atoms with E-state index in [0.717, 1.165) is 22.6 Å². The average Bonchev–Trinajstić information content (AvgIpc) is 2.57. The highest BCUT2D eigenvalue weighted by Crippen LogP contribution is 2.24. The van der Waals surface area contributed by atoms with Crippen LogP contribution in [-0.4, -0.2) is 40.4 Å². The Hall–Kier alpha value is -2.21. The predicted octanol–water partition coefficient (Wildman–Crippen LogP) is 2.72. The van der Waals surface area contributed by atoms with E-state index in [9.17, 15) is 9.00 Å². The largest absolute Gasteiger partial charge is 0.496 e. The van der Waals surface area contributed by atoms with Crippen LogP contribution in [-0.2, 0) is 17.3 Å². The molecule has 1 aromatic carbocycles. The summed E-state index contributed by atoms with van der Waals surface area (Å²) in [6.45, 7) is 4.28. The number of ether oxygens (including phenoxy) is 1. The lowest BCUT2D eigenvalue weighted by Gasteiger charge is -2.19. The smallest absolute Gasteiger partial charge is 0.253 e. The van der Waals surface area contributed by atoms with Gasteiger partial charge in [-0.25, -0.2) is 0 Å². The minimum atomic E-state index is -1.05. The fourth-order valence-corrected chi connectivity index (χ4v) is 3.06. The van der Waals surface area contributed by atoms with Crippen LogP contribution >= 0.6 is 0 Å². The van der Waals surface area contributed by atoms with Gasteiger partial charge in [0.1, 0.15) is 5.75 Å². The second-order valence-corrected chi connectivity index (χ2v) is 7.07. The van der Waals surface area contributed by atoms with E-state index in [1.165, 1.54) is 0 Å². The number of pyridine rings is 1. The number of aryl methyl sites for hydroxylation is 1. The molecule has 0 N–H and O–H groups in total. The second-order valence-electron chi connectivity index (χ2n) is 5.69. The molecule has 0 fully saturated rings. The first-order chi connectivity index (χ1) is 11.3. The Morgan fingerprint density at radius 3 is 2.42 bits per heavy atom. The van der Waals surface area contributed by atoms with E-state index in [1.807, 2.05) is 13.8 Å². The van der Waals surface area contributed by atoms with Crippen LogP contribution in [0.25, 0.3) is 0 Å². The summed E-state index contributed by atoms with van der Waals surface area (Å²) in [6.07, 6.45) is 3.37. The van der Waals surface area contributed by atoms with Gasteiger partial charge in [-0.3, -0.25) is 14.0 Å². The molecule has 0 unspecified atom stereocenters. The van der Waals surface area contributed by atoms with Crippen molar-refractivity contribution < 1.29 is 13.7 Å². The van der Waals surface area contributed by atoms with Crippen molar-refractivity contribution in [2.75, 3.05) is 20.4 Å². The molecule has 24 heavy (non-hydrogen) atoms. The first-order valence-corrected chi connectivity index (χ1v) is 9.09. The minimum Gasteiger partial charge on any atom is -0.496 e. The predicted molar refractivity (Wildman–Crippen MR) is 94.8 cm³/mol. The summed E-state index contributed by atoms with van der Waals surface area (Å²) in [5, 5.41) is 0. The maximum absolute atomic E-state index is 12.6. The number of carbonyl (C=O) groups excluding carboxylic acids is 1. The van der Waals surface area contributed by atoms with Crippen molar-refractivity contribution in [3.63, 3.8) is 0 Å². The summed E-state index contributed by atoms with van der Waals surface area (Å²) in [6, 6.07) is 6.84. The zero-order chi connectivity index (χ0) is 17.9. The zero-order valence-electron chi connectivity index (χ0n) is 14.6. The maximum Gasteiger partial charge on any atom is 0.253 e. The molecule has 0 saturated heterocycles. The normalized spacial score (nSPS) is 11.9. The molecule has 0 spiro atoms. The number of aromatic nitrogens is 1. The van der Waals surface area contributed by atoms with Gasteiger partial charge in [0.25, 0.3) is 5.91 Å². The Kier molecular flexibility index (Phi) is 5.72. The van der Waals surface area contributed by atoms with Crippen LogP contribution in [0, 0.1) is 13.8 Å². The van der Waals surface area contributed by atoms with Crippen LogP contribution in [0.5, 0.6) is 5.75 Å². The molecule has 0 aliphatic carbocycles. The summed E-state index contributed by atoms with van der Waals surface area (Å²) >= 11 is 0. The Morgan fingerprint density at radius 2 is 1.88 bits per heavy atom. The van der Waals surface area contributed by atoms with Gasteiger partial charge < -0.3 is 9.64 Å². The molecule has 6 heteroatoms. The molecular formula is C18H22N2O3S. The van der Waals surface area contributed by atoms with Crippen molar-refractivity contribution in [2.45, 2.75) is 25.3 Å². The van der Waals surface area contributed by atoms with Crippen molar-refractivity contribution in [2.24, 2.45) is 0 Å². The van der Waals surface area contributed by atoms with Gasteiger partial charge in [0.2, 0.25) is 0 Å². The summed E-state index contributed by atoms with van der Waals surface area (Å²) in [5.41, 5.74) is 3.27. The number of benzene rings is 1. The van der Waals surface area contributed by atoms with Gasteiger partial charge >= 0.3 is 0 Å². The minimum absolute atomic E-state index is 0.107. The highest BCUT2D eigenvalue weighted by molar-refractivity contribution is 7.84. The SMILES string of the molecule is COc1c(C)cnc(CN(C)C(=O)c2ccc([S@@](C)=O)cc2)c1C. The van der Waals surface area contributed by atoms with Crippen LogP contribution in [0.3, 0.4) is 0 Å². The lowest BCUT2D eigenvalue weighted by Crippen LogP contribution is -2.27. The first-order valence-electron chi connectivity index (χ1n) is 7.53. The molecule has 0 aliphatic rings. The molecule has 1 amide bonds. The van der Waals surface area contributed by atoms with Crippen LogP contribution in [0.1, 0.15) is 27.2 Å². The number of methoxy groups -OCH3 is 1. The quantitative estimate of drug-likeness (QED) is 0.835. The van der Waals surface area contributed by atoms with Crippen LogP contribution in [0.4, 0.5) is 0 Å². The third kappa shape index (κ3) is 3.82. The Balaban J connectivity index is 2.19. The van der Waals surface area contributed by atoms with E-state index in [1.54, 1.807) is 55.8 Å². The highest BCUT2D eigenvalue weighted by Gasteiger charge is 2.16. The number of hydrogen-bond donors (Lipinski definition) is 0. The van der Waals surface area contributed by atoms with Gasteiger partial charge in [-0.05, 0) is 38.1 Å². The molecule has 0 radical (unpaired) electrons. The van der Waals surface area contributed by atoms with Crippen molar-refractivity contribution in [3.05, 3.63) is 52.8 Å². The van der Waals surface area contributed by atoms with E-state index < -0.39 is 10.8 Å². The fraction of sp³-hybridized carbons (Fsp3) is 0.333. The summed E-state index contributed by atoms with van der Waals surface area (Å²) < 4.78 is 16.8. The van der Waals surface area contributed by atoms with E-state index in [-0.39, 0.29) is 5.91 Å². The summed E-state index contributed by atoms with van der Waals surface area (Å²) in [4.78, 5) is 19.3. The van der Waals surface area contributed by atoms with Gasteiger partial charge in [-0.2, -0.15) is 0 Å². The molecule has 1 aromatic heterocycles. The molecule has 1 heterocycles. The Bertz CT molecular complexity index is 773. The first kappa shape index (κ1) is 18.1. The number of amides is 1. The third-order valence-electron chi connectivity index (χ3n) is 3.92. The highest BCUT2D eigenvalue weighted by atomic mass is 32.2. The van der Waals surface area contributed by atoms with E-state index >= 15 is 0 Å².